The molecule has 2 rings (SSSR count). The van der Waals surface area contributed by atoms with Gasteiger partial charge < -0.3 is 4.74 Å². The molecule has 0 aromatic heterocycles. The number of aryl methyl sites for hydroxylation is 1. The lowest BCUT2D eigenvalue weighted by molar-refractivity contribution is 0.239. The van der Waals surface area contributed by atoms with Crippen LogP contribution < -0.4 is 4.74 Å². The van der Waals surface area contributed by atoms with Crippen LogP contribution in [0.15, 0.2) is 67.3 Å². The molecule has 0 heterocycles. The van der Waals surface area contributed by atoms with Gasteiger partial charge in [-0.3, -0.25) is 0 Å². The molecule has 19 heavy (non-hydrogen) atoms. The number of ether oxygens (including phenoxy) is 1. The van der Waals surface area contributed by atoms with Crippen molar-refractivity contribution >= 4 is 11.6 Å². The molecule has 0 bridgehead atoms. The SMILES string of the molecule is C=CC(CCc1ccccc1)Oc1ccc(Cl)cc1. The highest BCUT2D eigenvalue weighted by Crippen LogP contribution is 2.18. The predicted molar refractivity (Wildman–Crippen MR) is 80.8 cm³/mol. The predicted octanol–water partition coefficient (Wildman–Crippen LogP) is 4.91. The Kier molecular flexibility index (Phi) is 5.05. The third kappa shape index (κ3) is 4.46. The zero-order valence-electron chi connectivity index (χ0n) is 10.8. The Morgan fingerprint density at radius 3 is 2.37 bits per heavy atom. The van der Waals surface area contributed by atoms with Crippen LogP contribution in [0.2, 0.25) is 5.02 Å². The highest BCUT2D eigenvalue weighted by molar-refractivity contribution is 6.30. The van der Waals surface area contributed by atoms with Crippen molar-refractivity contribution in [1.29, 1.82) is 0 Å². The van der Waals surface area contributed by atoms with E-state index in [4.69, 9.17) is 16.3 Å². The Hall–Kier alpha value is -1.73. The van der Waals surface area contributed by atoms with Crippen LogP contribution in [0.5, 0.6) is 5.75 Å². The first-order chi connectivity index (χ1) is 9.28. The molecule has 1 unspecified atom stereocenters. The average molecular weight is 273 g/mol. The first-order valence-corrected chi connectivity index (χ1v) is 6.74. The van der Waals surface area contributed by atoms with Crippen molar-refractivity contribution in [3.63, 3.8) is 0 Å². The van der Waals surface area contributed by atoms with Gasteiger partial charge in [-0.05, 0) is 42.7 Å². The Bertz CT molecular complexity index is 505. The van der Waals surface area contributed by atoms with Crippen LogP contribution in [0.3, 0.4) is 0 Å². The summed E-state index contributed by atoms with van der Waals surface area (Å²) in [6.45, 7) is 3.84. The molecule has 0 spiro atoms. The lowest BCUT2D eigenvalue weighted by Crippen LogP contribution is -2.14. The van der Waals surface area contributed by atoms with Crippen LogP contribution in [-0.4, -0.2) is 6.10 Å². The fraction of sp³-hybridized carbons (Fsp3) is 0.176. The maximum atomic E-state index is 5.86. The second kappa shape index (κ2) is 7.01. The van der Waals surface area contributed by atoms with E-state index in [2.05, 4.69) is 30.8 Å². The van der Waals surface area contributed by atoms with Crippen molar-refractivity contribution in [2.75, 3.05) is 0 Å². The van der Waals surface area contributed by atoms with E-state index in [0.29, 0.717) is 5.02 Å². The Balaban J connectivity index is 1.90. The van der Waals surface area contributed by atoms with E-state index < -0.39 is 0 Å². The standard InChI is InChI=1S/C17H17ClO/c1-2-16(11-8-14-6-4-3-5-7-14)19-17-12-9-15(18)10-13-17/h2-7,9-10,12-13,16H,1,8,11H2. The van der Waals surface area contributed by atoms with Gasteiger partial charge in [0.05, 0.1) is 0 Å². The van der Waals surface area contributed by atoms with Gasteiger partial charge in [-0.1, -0.05) is 54.6 Å². The summed E-state index contributed by atoms with van der Waals surface area (Å²) in [6, 6.07) is 17.8. The van der Waals surface area contributed by atoms with E-state index in [1.165, 1.54) is 5.56 Å². The summed E-state index contributed by atoms with van der Waals surface area (Å²) >= 11 is 5.85. The van der Waals surface area contributed by atoms with Crippen LogP contribution >= 0.6 is 11.6 Å². The number of hydrogen-bond donors (Lipinski definition) is 0. The van der Waals surface area contributed by atoms with Crippen LogP contribution in [0.4, 0.5) is 0 Å². The number of benzene rings is 2. The van der Waals surface area contributed by atoms with E-state index in [-0.39, 0.29) is 6.10 Å². The Morgan fingerprint density at radius 2 is 1.74 bits per heavy atom. The molecule has 98 valence electrons. The quantitative estimate of drug-likeness (QED) is 0.679. The van der Waals surface area contributed by atoms with Gasteiger partial charge in [0, 0.05) is 5.02 Å². The lowest BCUT2D eigenvalue weighted by atomic mass is 10.1. The summed E-state index contributed by atoms with van der Waals surface area (Å²) in [6.07, 6.45) is 3.75. The molecule has 2 aromatic carbocycles. The second-order valence-electron chi connectivity index (χ2n) is 4.37. The van der Waals surface area contributed by atoms with Crippen molar-refractivity contribution in [2.24, 2.45) is 0 Å². The molecular weight excluding hydrogens is 256 g/mol. The molecule has 0 aliphatic rings. The number of hydrogen-bond acceptors (Lipinski definition) is 1. The Labute approximate surface area is 119 Å². The molecule has 0 saturated heterocycles. The van der Waals surface area contributed by atoms with Gasteiger partial charge in [-0.25, -0.2) is 0 Å². The first kappa shape index (κ1) is 13.7. The van der Waals surface area contributed by atoms with Crippen LogP contribution in [0.1, 0.15) is 12.0 Å². The highest BCUT2D eigenvalue weighted by atomic mass is 35.5. The summed E-state index contributed by atoms with van der Waals surface area (Å²) < 4.78 is 5.86. The van der Waals surface area contributed by atoms with Gasteiger partial charge >= 0.3 is 0 Å². The fourth-order valence-corrected chi connectivity index (χ4v) is 1.99. The molecule has 2 heteroatoms. The van der Waals surface area contributed by atoms with E-state index >= 15 is 0 Å². The molecular formula is C17H17ClO. The van der Waals surface area contributed by atoms with Crippen molar-refractivity contribution in [3.8, 4) is 5.75 Å². The maximum absolute atomic E-state index is 5.86. The van der Waals surface area contributed by atoms with E-state index in [0.717, 1.165) is 18.6 Å². The van der Waals surface area contributed by atoms with Crippen LogP contribution in [-0.2, 0) is 6.42 Å². The molecule has 0 aliphatic heterocycles. The van der Waals surface area contributed by atoms with Crippen molar-refractivity contribution in [3.05, 3.63) is 77.8 Å². The molecule has 1 nitrogen and oxygen atoms in total. The highest BCUT2D eigenvalue weighted by Gasteiger charge is 2.06. The van der Waals surface area contributed by atoms with Crippen molar-refractivity contribution in [1.82, 2.24) is 0 Å². The molecule has 0 radical (unpaired) electrons. The smallest absolute Gasteiger partial charge is 0.120 e. The molecule has 0 aliphatic carbocycles. The molecule has 0 N–H and O–H groups in total. The maximum Gasteiger partial charge on any atom is 0.120 e. The summed E-state index contributed by atoms with van der Waals surface area (Å²) in [5, 5.41) is 0.715. The molecule has 0 amide bonds. The summed E-state index contributed by atoms with van der Waals surface area (Å²) in [7, 11) is 0. The largest absolute Gasteiger partial charge is 0.486 e. The van der Waals surface area contributed by atoms with Gasteiger partial charge in [-0.2, -0.15) is 0 Å². The second-order valence-corrected chi connectivity index (χ2v) is 4.81. The van der Waals surface area contributed by atoms with Gasteiger partial charge in [0.1, 0.15) is 11.9 Å². The van der Waals surface area contributed by atoms with Crippen molar-refractivity contribution in [2.45, 2.75) is 18.9 Å². The van der Waals surface area contributed by atoms with E-state index in [9.17, 15) is 0 Å². The third-order valence-electron chi connectivity index (χ3n) is 2.92. The monoisotopic (exact) mass is 272 g/mol. The first-order valence-electron chi connectivity index (χ1n) is 6.36. The minimum Gasteiger partial charge on any atom is -0.486 e. The van der Waals surface area contributed by atoms with Crippen LogP contribution in [0, 0.1) is 0 Å². The minimum absolute atomic E-state index is 0.0152. The van der Waals surface area contributed by atoms with Gasteiger partial charge in [0.2, 0.25) is 0 Å². The average Bonchev–Trinajstić information content (AvgIpc) is 2.46. The van der Waals surface area contributed by atoms with Crippen LogP contribution in [0.25, 0.3) is 0 Å². The summed E-state index contributed by atoms with van der Waals surface area (Å²) in [5.74, 6) is 0.822. The lowest BCUT2D eigenvalue weighted by Gasteiger charge is -2.15. The molecule has 2 aromatic rings. The van der Waals surface area contributed by atoms with Crippen molar-refractivity contribution < 1.29 is 4.74 Å². The molecule has 0 fully saturated rings. The molecule has 1 atom stereocenters. The molecule has 0 saturated carbocycles. The summed E-state index contributed by atoms with van der Waals surface area (Å²) in [5.41, 5.74) is 1.31. The van der Waals surface area contributed by atoms with E-state index in [1.54, 1.807) is 0 Å². The van der Waals surface area contributed by atoms with Gasteiger partial charge in [-0.15, -0.1) is 0 Å². The van der Waals surface area contributed by atoms with Gasteiger partial charge in [0.15, 0.2) is 0 Å². The summed E-state index contributed by atoms with van der Waals surface area (Å²) in [4.78, 5) is 0. The van der Waals surface area contributed by atoms with E-state index in [1.807, 2.05) is 36.4 Å². The zero-order valence-corrected chi connectivity index (χ0v) is 11.5. The number of halogens is 1. The topological polar surface area (TPSA) is 9.23 Å². The zero-order chi connectivity index (χ0) is 13.5. The Morgan fingerprint density at radius 1 is 1.05 bits per heavy atom. The van der Waals surface area contributed by atoms with Gasteiger partial charge in [0.25, 0.3) is 0 Å². The minimum atomic E-state index is 0.0152. The number of rotatable bonds is 6. The normalized spacial score (nSPS) is 11.8. The fourth-order valence-electron chi connectivity index (χ4n) is 1.87. The third-order valence-corrected chi connectivity index (χ3v) is 3.18.